The van der Waals surface area contributed by atoms with E-state index in [4.69, 9.17) is 0 Å². The second-order valence-electron chi connectivity index (χ2n) is 3.87. The second kappa shape index (κ2) is 5.34. The fraction of sp³-hybridized carbons (Fsp3) is 0.214. The second-order valence-corrected chi connectivity index (χ2v) is 3.87. The molecule has 0 aliphatic rings. The van der Waals surface area contributed by atoms with Gasteiger partial charge in [0.2, 0.25) is 5.91 Å². The molecule has 0 aliphatic carbocycles. The van der Waals surface area contributed by atoms with Crippen LogP contribution in [0.5, 0.6) is 0 Å². The number of amides is 1. The molecule has 2 aromatic rings. The first kappa shape index (κ1) is 11.5. The van der Waals surface area contributed by atoms with Gasteiger partial charge >= 0.3 is 0 Å². The van der Waals surface area contributed by atoms with E-state index in [1.807, 2.05) is 55.7 Å². The zero-order chi connectivity index (χ0) is 12.1. The van der Waals surface area contributed by atoms with Crippen LogP contribution in [-0.2, 0) is 11.2 Å². The molecule has 0 spiro atoms. The summed E-state index contributed by atoms with van der Waals surface area (Å²) in [7, 11) is 0. The third kappa shape index (κ3) is 2.75. The van der Waals surface area contributed by atoms with Crippen molar-refractivity contribution >= 4 is 11.6 Å². The van der Waals surface area contributed by atoms with Crippen LogP contribution in [-0.4, -0.2) is 17.4 Å². The molecular weight excluding hydrogens is 212 g/mol. The molecule has 3 heteroatoms. The van der Waals surface area contributed by atoms with Crippen LogP contribution in [0.1, 0.15) is 12.5 Å². The first-order chi connectivity index (χ1) is 8.31. The molecule has 1 aromatic heterocycles. The number of rotatable bonds is 4. The van der Waals surface area contributed by atoms with Crippen molar-refractivity contribution in [3.63, 3.8) is 0 Å². The minimum absolute atomic E-state index is 0.123. The average molecular weight is 228 g/mol. The lowest BCUT2D eigenvalue weighted by molar-refractivity contribution is -0.117. The smallest absolute Gasteiger partial charge is 0.231 e. The highest BCUT2D eigenvalue weighted by Gasteiger charge is 2.13. The van der Waals surface area contributed by atoms with Crippen molar-refractivity contribution < 1.29 is 4.79 Å². The van der Waals surface area contributed by atoms with Crippen molar-refractivity contribution in [3.8, 4) is 0 Å². The maximum Gasteiger partial charge on any atom is 0.231 e. The van der Waals surface area contributed by atoms with Gasteiger partial charge in [-0.25, -0.2) is 0 Å². The zero-order valence-electron chi connectivity index (χ0n) is 9.89. The Bertz CT molecular complexity index is 462. The topological polar surface area (TPSA) is 36.1 Å². The largest absolute Gasteiger partial charge is 0.367 e. The molecule has 0 bridgehead atoms. The van der Waals surface area contributed by atoms with Gasteiger partial charge in [-0.1, -0.05) is 18.2 Å². The van der Waals surface area contributed by atoms with Gasteiger partial charge in [-0.3, -0.25) is 4.79 Å². The predicted octanol–water partition coefficient (Wildman–Crippen LogP) is 2.61. The van der Waals surface area contributed by atoms with Crippen molar-refractivity contribution in [1.82, 2.24) is 4.98 Å². The summed E-state index contributed by atoms with van der Waals surface area (Å²) in [5.74, 6) is 0.123. The van der Waals surface area contributed by atoms with Gasteiger partial charge in [-0.15, -0.1) is 0 Å². The molecule has 0 aliphatic heterocycles. The van der Waals surface area contributed by atoms with Gasteiger partial charge in [-0.05, 0) is 30.7 Å². The highest BCUT2D eigenvalue weighted by atomic mass is 16.2. The zero-order valence-corrected chi connectivity index (χ0v) is 9.89. The van der Waals surface area contributed by atoms with Gasteiger partial charge in [0.1, 0.15) is 0 Å². The maximum absolute atomic E-state index is 12.2. The van der Waals surface area contributed by atoms with E-state index in [0.717, 1.165) is 11.3 Å². The van der Waals surface area contributed by atoms with Crippen LogP contribution < -0.4 is 4.90 Å². The Morgan fingerprint density at radius 2 is 2.00 bits per heavy atom. The van der Waals surface area contributed by atoms with E-state index in [2.05, 4.69) is 4.98 Å². The number of carbonyl (C=O) groups is 1. The summed E-state index contributed by atoms with van der Waals surface area (Å²) >= 11 is 0. The Kier molecular flexibility index (Phi) is 3.60. The first-order valence-electron chi connectivity index (χ1n) is 5.78. The molecule has 2 rings (SSSR count). The summed E-state index contributed by atoms with van der Waals surface area (Å²) in [5, 5.41) is 0. The summed E-state index contributed by atoms with van der Waals surface area (Å²) in [4.78, 5) is 16.9. The van der Waals surface area contributed by atoms with E-state index >= 15 is 0 Å². The van der Waals surface area contributed by atoms with Gasteiger partial charge in [0.15, 0.2) is 0 Å². The van der Waals surface area contributed by atoms with Crippen LogP contribution in [0.2, 0.25) is 0 Å². The van der Waals surface area contributed by atoms with Gasteiger partial charge in [0, 0.05) is 24.6 Å². The Balaban J connectivity index is 2.11. The van der Waals surface area contributed by atoms with Crippen LogP contribution in [0.4, 0.5) is 5.69 Å². The Hall–Kier alpha value is -2.03. The number of nitrogens with zero attached hydrogens (tertiary/aromatic N) is 1. The molecule has 3 nitrogen and oxygen atoms in total. The molecule has 1 heterocycles. The van der Waals surface area contributed by atoms with Crippen LogP contribution in [0, 0.1) is 0 Å². The molecule has 0 atom stereocenters. The summed E-state index contributed by atoms with van der Waals surface area (Å²) in [6.45, 7) is 2.68. The number of likely N-dealkylation sites (N-methyl/N-ethyl adjacent to an activating group) is 1. The van der Waals surface area contributed by atoms with E-state index in [1.165, 1.54) is 0 Å². The summed E-state index contributed by atoms with van der Waals surface area (Å²) in [6.07, 6.45) is 4.13. The molecule has 1 N–H and O–H groups in total. The SMILES string of the molecule is CCN(C(=O)Cc1cc[nH]c1)c1ccccc1. The summed E-state index contributed by atoms with van der Waals surface area (Å²) in [6, 6.07) is 11.7. The van der Waals surface area contributed by atoms with Crippen molar-refractivity contribution in [3.05, 3.63) is 54.4 Å². The van der Waals surface area contributed by atoms with Crippen LogP contribution in [0.25, 0.3) is 0 Å². The Morgan fingerprint density at radius 3 is 2.59 bits per heavy atom. The molecule has 1 amide bonds. The number of H-pyrrole nitrogens is 1. The van der Waals surface area contributed by atoms with Gasteiger partial charge < -0.3 is 9.88 Å². The van der Waals surface area contributed by atoms with Gasteiger partial charge in [0.05, 0.1) is 6.42 Å². The fourth-order valence-corrected chi connectivity index (χ4v) is 1.85. The first-order valence-corrected chi connectivity index (χ1v) is 5.78. The highest BCUT2D eigenvalue weighted by Crippen LogP contribution is 2.14. The Morgan fingerprint density at radius 1 is 1.24 bits per heavy atom. The molecule has 0 unspecified atom stereocenters. The normalized spacial score (nSPS) is 10.2. The molecule has 0 saturated heterocycles. The number of aromatic amines is 1. The quantitative estimate of drug-likeness (QED) is 0.858. The molecule has 1 aromatic carbocycles. The monoisotopic (exact) mass is 228 g/mol. The molecule has 17 heavy (non-hydrogen) atoms. The van der Waals surface area contributed by atoms with Crippen molar-refractivity contribution in [2.75, 3.05) is 11.4 Å². The van der Waals surface area contributed by atoms with Crippen LogP contribution >= 0.6 is 0 Å². The van der Waals surface area contributed by atoms with E-state index in [0.29, 0.717) is 13.0 Å². The van der Waals surface area contributed by atoms with Crippen molar-refractivity contribution in [2.24, 2.45) is 0 Å². The van der Waals surface area contributed by atoms with E-state index in [1.54, 1.807) is 4.90 Å². The third-order valence-electron chi connectivity index (χ3n) is 2.70. The fourth-order valence-electron chi connectivity index (χ4n) is 1.85. The van der Waals surface area contributed by atoms with E-state index in [-0.39, 0.29) is 5.91 Å². The average Bonchev–Trinajstić information content (AvgIpc) is 2.84. The molecule has 0 radical (unpaired) electrons. The van der Waals surface area contributed by atoms with Gasteiger partial charge in [-0.2, -0.15) is 0 Å². The molecule has 0 fully saturated rings. The number of carbonyl (C=O) groups excluding carboxylic acids is 1. The minimum atomic E-state index is 0.123. The molecule has 88 valence electrons. The number of hydrogen-bond donors (Lipinski definition) is 1. The lowest BCUT2D eigenvalue weighted by atomic mass is 10.2. The third-order valence-corrected chi connectivity index (χ3v) is 2.70. The number of hydrogen-bond acceptors (Lipinski definition) is 1. The number of anilines is 1. The van der Waals surface area contributed by atoms with Gasteiger partial charge in [0.25, 0.3) is 0 Å². The number of aromatic nitrogens is 1. The standard InChI is InChI=1S/C14H16N2O/c1-2-16(13-6-4-3-5-7-13)14(17)10-12-8-9-15-11-12/h3-9,11,15H,2,10H2,1H3. The summed E-state index contributed by atoms with van der Waals surface area (Å²) in [5.41, 5.74) is 1.97. The van der Waals surface area contributed by atoms with E-state index in [9.17, 15) is 4.79 Å². The lowest BCUT2D eigenvalue weighted by Gasteiger charge is -2.20. The van der Waals surface area contributed by atoms with E-state index < -0.39 is 0 Å². The summed E-state index contributed by atoms with van der Waals surface area (Å²) < 4.78 is 0. The molecule has 0 saturated carbocycles. The van der Waals surface area contributed by atoms with Crippen LogP contribution in [0.15, 0.2) is 48.8 Å². The van der Waals surface area contributed by atoms with Crippen LogP contribution in [0.3, 0.4) is 0 Å². The van der Waals surface area contributed by atoms with Crippen molar-refractivity contribution in [1.29, 1.82) is 0 Å². The lowest BCUT2D eigenvalue weighted by Crippen LogP contribution is -2.31. The predicted molar refractivity (Wildman–Crippen MR) is 69.0 cm³/mol. The minimum Gasteiger partial charge on any atom is -0.367 e. The molecular formula is C14H16N2O. The van der Waals surface area contributed by atoms with Crippen molar-refractivity contribution in [2.45, 2.75) is 13.3 Å². The number of nitrogens with one attached hydrogen (secondary N) is 1. The maximum atomic E-state index is 12.2. The number of benzene rings is 1. The Labute approximate surface area is 101 Å². The highest BCUT2D eigenvalue weighted by molar-refractivity contribution is 5.94. The number of para-hydroxylation sites is 1.